The van der Waals surface area contributed by atoms with Crippen molar-refractivity contribution in [2.24, 2.45) is 5.73 Å². The third kappa shape index (κ3) is 3.23. The van der Waals surface area contributed by atoms with E-state index >= 15 is 0 Å². The molecule has 5 nitrogen and oxygen atoms in total. The van der Waals surface area contributed by atoms with E-state index in [0.717, 1.165) is 12.0 Å². The number of hydrogen-bond acceptors (Lipinski definition) is 4. The minimum absolute atomic E-state index is 0.302. The van der Waals surface area contributed by atoms with Crippen molar-refractivity contribution in [2.45, 2.75) is 38.3 Å². The van der Waals surface area contributed by atoms with Crippen molar-refractivity contribution < 1.29 is 9.53 Å². The van der Waals surface area contributed by atoms with Gasteiger partial charge in [-0.25, -0.2) is 4.79 Å². The number of nitrogens with zero attached hydrogens (tertiary/aromatic N) is 2. The second kappa shape index (κ2) is 4.81. The van der Waals surface area contributed by atoms with Gasteiger partial charge >= 0.3 is 6.09 Å². The lowest BCUT2D eigenvalue weighted by atomic mass is 9.92. The molecule has 5 heteroatoms. The van der Waals surface area contributed by atoms with E-state index in [9.17, 15) is 4.79 Å². The number of hydrogen-bond donors (Lipinski definition) is 1. The fourth-order valence-electron chi connectivity index (χ4n) is 2.21. The first-order chi connectivity index (χ1) is 8.80. The van der Waals surface area contributed by atoms with Crippen LogP contribution in [0.1, 0.15) is 32.8 Å². The summed E-state index contributed by atoms with van der Waals surface area (Å²) in [5.74, 6) is 0. The predicted octanol–water partition coefficient (Wildman–Crippen LogP) is 1.88. The highest BCUT2D eigenvalue weighted by atomic mass is 16.6. The van der Waals surface area contributed by atoms with Gasteiger partial charge in [-0.1, -0.05) is 6.07 Å². The van der Waals surface area contributed by atoms with Crippen LogP contribution >= 0.6 is 0 Å². The van der Waals surface area contributed by atoms with Crippen molar-refractivity contribution in [3.63, 3.8) is 0 Å². The lowest BCUT2D eigenvalue weighted by Gasteiger charge is -2.27. The molecule has 1 aromatic rings. The number of likely N-dealkylation sites (tertiary alicyclic amines) is 1. The third-order valence-electron chi connectivity index (χ3n) is 3.19. The summed E-state index contributed by atoms with van der Waals surface area (Å²) in [6.45, 7) is 6.65. The number of nitrogens with two attached hydrogens (primary N) is 1. The Morgan fingerprint density at radius 3 is 2.84 bits per heavy atom. The molecule has 1 amide bonds. The predicted molar refractivity (Wildman–Crippen MR) is 72.5 cm³/mol. The lowest BCUT2D eigenvalue weighted by molar-refractivity contribution is 0.0284. The second-order valence-electron chi connectivity index (χ2n) is 6.05. The van der Waals surface area contributed by atoms with Crippen LogP contribution in [0.2, 0.25) is 0 Å². The largest absolute Gasteiger partial charge is 0.444 e. The average Bonchev–Trinajstić information content (AvgIpc) is 2.73. The van der Waals surface area contributed by atoms with Gasteiger partial charge < -0.3 is 15.4 Å². The number of amides is 1. The summed E-state index contributed by atoms with van der Waals surface area (Å²) in [6, 6.07) is 3.81. The molecule has 2 rings (SSSR count). The molecular weight excluding hydrogens is 242 g/mol. The van der Waals surface area contributed by atoms with Crippen molar-refractivity contribution in [3.8, 4) is 0 Å². The van der Waals surface area contributed by atoms with E-state index < -0.39 is 11.1 Å². The van der Waals surface area contributed by atoms with E-state index in [0.29, 0.717) is 13.1 Å². The summed E-state index contributed by atoms with van der Waals surface area (Å²) in [4.78, 5) is 17.8. The van der Waals surface area contributed by atoms with Gasteiger partial charge in [0.1, 0.15) is 5.60 Å². The van der Waals surface area contributed by atoms with Crippen molar-refractivity contribution in [1.29, 1.82) is 0 Å². The molecule has 2 heterocycles. The Morgan fingerprint density at radius 2 is 2.26 bits per heavy atom. The molecular formula is C14H21N3O2. The summed E-state index contributed by atoms with van der Waals surface area (Å²) in [7, 11) is 0. The topological polar surface area (TPSA) is 68.5 Å². The summed E-state index contributed by atoms with van der Waals surface area (Å²) < 4.78 is 5.37. The number of aromatic nitrogens is 1. The van der Waals surface area contributed by atoms with Crippen molar-refractivity contribution in [3.05, 3.63) is 30.1 Å². The first kappa shape index (κ1) is 13.8. The fourth-order valence-corrected chi connectivity index (χ4v) is 2.21. The molecule has 19 heavy (non-hydrogen) atoms. The maximum absolute atomic E-state index is 12.0. The summed E-state index contributed by atoms with van der Waals surface area (Å²) >= 11 is 0. The SMILES string of the molecule is CC(C)(C)OC(=O)N1CCC(N)(c2cccnc2)C1. The average molecular weight is 263 g/mol. The van der Waals surface area contributed by atoms with Gasteiger partial charge in [-0.3, -0.25) is 4.98 Å². The molecule has 0 bridgehead atoms. The van der Waals surface area contributed by atoms with E-state index in [1.165, 1.54) is 0 Å². The van der Waals surface area contributed by atoms with Crippen LogP contribution in [0, 0.1) is 0 Å². The van der Waals surface area contributed by atoms with E-state index in [1.807, 2.05) is 32.9 Å². The molecule has 0 radical (unpaired) electrons. The maximum Gasteiger partial charge on any atom is 0.410 e. The molecule has 104 valence electrons. The molecule has 1 aromatic heterocycles. The minimum Gasteiger partial charge on any atom is -0.444 e. The number of carbonyl (C=O) groups excluding carboxylic acids is 1. The van der Waals surface area contributed by atoms with Crippen LogP contribution < -0.4 is 5.73 Å². The van der Waals surface area contributed by atoms with Gasteiger partial charge in [0.05, 0.1) is 5.54 Å². The summed E-state index contributed by atoms with van der Waals surface area (Å²) in [5, 5.41) is 0. The molecule has 1 aliphatic rings. The molecule has 0 spiro atoms. The van der Waals surface area contributed by atoms with Crippen molar-refractivity contribution >= 4 is 6.09 Å². The first-order valence-corrected chi connectivity index (χ1v) is 6.47. The van der Waals surface area contributed by atoms with Crippen LogP contribution in [0.15, 0.2) is 24.5 Å². The molecule has 0 aromatic carbocycles. The zero-order valence-electron chi connectivity index (χ0n) is 11.7. The fraction of sp³-hybridized carbons (Fsp3) is 0.571. The highest BCUT2D eigenvalue weighted by Crippen LogP contribution is 2.29. The monoisotopic (exact) mass is 263 g/mol. The molecule has 1 saturated heterocycles. The Balaban J connectivity index is 2.06. The Hall–Kier alpha value is -1.62. The zero-order chi connectivity index (χ0) is 14.1. The third-order valence-corrected chi connectivity index (χ3v) is 3.19. The molecule has 1 fully saturated rings. The zero-order valence-corrected chi connectivity index (χ0v) is 11.7. The van der Waals surface area contributed by atoms with Gasteiger partial charge in [-0.2, -0.15) is 0 Å². The van der Waals surface area contributed by atoms with Crippen molar-refractivity contribution in [1.82, 2.24) is 9.88 Å². The van der Waals surface area contributed by atoms with E-state index in [2.05, 4.69) is 4.98 Å². The van der Waals surface area contributed by atoms with Gasteiger partial charge in [-0.05, 0) is 38.8 Å². The van der Waals surface area contributed by atoms with Gasteiger partial charge in [-0.15, -0.1) is 0 Å². The second-order valence-corrected chi connectivity index (χ2v) is 6.05. The van der Waals surface area contributed by atoms with Crippen LogP contribution in [0.4, 0.5) is 4.79 Å². The van der Waals surface area contributed by atoms with Gasteiger partial charge in [0.2, 0.25) is 0 Å². The molecule has 1 aliphatic heterocycles. The van der Waals surface area contributed by atoms with Crippen LogP contribution in [0.3, 0.4) is 0 Å². The summed E-state index contributed by atoms with van der Waals surface area (Å²) in [5.41, 5.74) is 6.34. The quantitative estimate of drug-likeness (QED) is 0.840. The molecule has 2 N–H and O–H groups in total. The molecule has 1 unspecified atom stereocenters. The van der Waals surface area contributed by atoms with Gasteiger partial charge in [0.25, 0.3) is 0 Å². The lowest BCUT2D eigenvalue weighted by Crippen LogP contribution is -2.42. The summed E-state index contributed by atoms with van der Waals surface area (Å²) in [6.07, 6.45) is 3.90. The molecule has 0 aliphatic carbocycles. The number of carbonyl (C=O) groups is 1. The molecule has 1 atom stereocenters. The van der Waals surface area contributed by atoms with Crippen LogP contribution in [-0.2, 0) is 10.3 Å². The minimum atomic E-state index is -0.523. The van der Waals surface area contributed by atoms with Crippen molar-refractivity contribution in [2.75, 3.05) is 13.1 Å². The van der Waals surface area contributed by atoms with Gasteiger partial charge in [0, 0.05) is 25.5 Å². The Kier molecular flexibility index (Phi) is 3.49. The molecule has 0 saturated carbocycles. The number of ether oxygens (including phenoxy) is 1. The van der Waals surface area contributed by atoms with Crippen LogP contribution in [-0.4, -0.2) is 34.7 Å². The Bertz CT molecular complexity index is 456. The standard InChI is InChI=1S/C14H21N3O2/c1-13(2,3)19-12(18)17-8-6-14(15,10-17)11-5-4-7-16-9-11/h4-5,7,9H,6,8,10,15H2,1-3H3. The Morgan fingerprint density at radius 1 is 1.53 bits per heavy atom. The Labute approximate surface area is 113 Å². The van der Waals surface area contributed by atoms with Crippen LogP contribution in [0.5, 0.6) is 0 Å². The van der Waals surface area contributed by atoms with E-state index in [1.54, 1.807) is 17.3 Å². The van der Waals surface area contributed by atoms with Crippen LogP contribution in [0.25, 0.3) is 0 Å². The van der Waals surface area contributed by atoms with E-state index in [-0.39, 0.29) is 6.09 Å². The highest BCUT2D eigenvalue weighted by molar-refractivity contribution is 5.68. The number of pyridine rings is 1. The first-order valence-electron chi connectivity index (χ1n) is 6.47. The van der Waals surface area contributed by atoms with E-state index in [4.69, 9.17) is 10.5 Å². The smallest absolute Gasteiger partial charge is 0.410 e. The maximum atomic E-state index is 12.0. The number of rotatable bonds is 1. The van der Waals surface area contributed by atoms with Gasteiger partial charge in [0.15, 0.2) is 0 Å². The highest BCUT2D eigenvalue weighted by Gasteiger charge is 2.39. The normalized spacial score (nSPS) is 23.5.